The molecule has 1 atom stereocenters. The Bertz CT molecular complexity index is 845. The molecule has 3 aromatic rings. The molecule has 1 aliphatic carbocycles. The molecule has 0 bridgehead atoms. The summed E-state index contributed by atoms with van der Waals surface area (Å²) in [5.74, 6) is 0. The quantitative estimate of drug-likeness (QED) is 0.340. The SMILES string of the molecule is CC1(C)Cc2c(ccc3c2ccc2ccccc23)C(Cl)C1. The van der Waals surface area contributed by atoms with Gasteiger partial charge < -0.3 is 0 Å². The molecule has 1 aliphatic rings. The second kappa shape index (κ2) is 4.48. The lowest BCUT2D eigenvalue weighted by molar-refractivity contribution is 0.311. The highest BCUT2D eigenvalue weighted by molar-refractivity contribution is 6.21. The molecule has 0 amide bonds. The molecule has 3 aromatic carbocycles. The number of fused-ring (bicyclic) bond motifs is 5. The van der Waals surface area contributed by atoms with Gasteiger partial charge in [0.25, 0.3) is 0 Å². The van der Waals surface area contributed by atoms with Crippen molar-refractivity contribution in [3.8, 4) is 0 Å². The Morgan fingerprint density at radius 1 is 0.905 bits per heavy atom. The molecule has 0 fully saturated rings. The van der Waals surface area contributed by atoms with Crippen molar-refractivity contribution < 1.29 is 0 Å². The molecule has 0 nitrogen and oxygen atoms in total. The molecule has 0 aliphatic heterocycles. The van der Waals surface area contributed by atoms with Gasteiger partial charge in [0.15, 0.2) is 0 Å². The first-order chi connectivity index (χ1) is 10.1. The van der Waals surface area contributed by atoms with E-state index in [1.807, 2.05) is 0 Å². The summed E-state index contributed by atoms with van der Waals surface area (Å²) in [5.41, 5.74) is 3.06. The standard InChI is InChI=1S/C20H19Cl/c1-20(2)11-18-16-8-7-13-5-3-4-6-14(13)15(16)9-10-17(18)19(21)12-20/h3-10,19H,11-12H2,1-2H3. The first-order valence-electron chi connectivity index (χ1n) is 7.62. The molecule has 106 valence electrons. The first kappa shape index (κ1) is 13.2. The van der Waals surface area contributed by atoms with Crippen LogP contribution in [0.3, 0.4) is 0 Å². The third-order valence-corrected chi connectivity index (χ3v) is 5.19. The van der Waals surface area contributed by atoms with Crippen LogP contribution in [0.25, 0.3) is 21.5 Å². The molecule has 1 heteroatoms. The predicted molar refractivity (Wildman–Crippen MR) is 92.2 cm³/mol. The molecular weight excluding hydrogens is 276 g/mol. The average molecular weight is 295 g/mol. The van der Waals surface area contributed by atoms with Gasteiger partial charge in [-0.1, -0.05) is 62.4 Å². The molecule has 0 saturated carbocycles. The van der Waals surface area contributed by atoms with Crippen LogP contribution in [-0.2, 0) is 6.42 Å². The summed E-state index contributed by atoms with van der Waals surface area (Å²) in [6, 6.07) is 17.6. The van der Waals surface area contributed by atoms with Crippen LogP contribution in [-0.4, -0.2) is 0 Å². The van der Waals surface area contributed by atoms with Crippen LogP contribution in [0.4, 0.5) is 0 Å². The van der Waals surface area contributed by atoms with E-state index in [4.69, 9.17) is 11.6 Å². The molecule has 4 rings (SSSR count). The van der Waals surface area contributed by atoms with E-state index in [0.717, 1.165) is 12.8 Å². The Balaban J connectivity index is 2.08. The molecule has 0 N–H and O–H groups in total. The lowest BCUT2D eigenvalue weighted by atomic mass is 9.72. The Hall–Kier alpha value is -1.53. The van der Waals surface area contributed by atoms with Crippen molar-refractivity contribution in [3.05, 3.63) is 59.7 Å². The fourth-order valence-electron chi connectivity index (χ4n) is 3.80. The largest absolute Gasteiger partial charge is 0.118 e. The van der Waals surface area contributed by atoms with Crippen molar-refractivity contribution in [1.29, 1.82) is 0 Å². The van der Waals surface area contributed by atoms with Gasteiger partial charge in [-0.25, -0.2) is 0 Å². The maximum absolute atomic E-state index is 6.65. The lowest BCUT2D eigenvalue weighted by Crippen LogP contribution is -2.23. The third kappa shape index (κ3) is 2.05. The van der Waals surface area contributed by atoms with E-state index in [9.17, 15) is 0 Å². The van der Waals surface area contributed by atoms with Crippen molar-refractivity contribution in [2.45, 2.75) is 32.1 Å². The summed E-state index contributed by atoms with van der Waals surface area (Å²) in [7, 11) is 0. The highest BCUT2D eigenvalue weighted by Gasteiger charge is 2.32. The van der Waals surface area contributed by atoms with Gasteiger partial charge in [0.05, 0.1) is 5.38 Å². The van der Waals surface area contributed by atoms with Crippen LogP contribution in [0.5, 0.6) is 0 Å². The monoisotopic (exact) mass is 294 g/mol. The van der Waals surface area contributed by atoms with Crippen LogP contribution in [0, 0.1) is 5.41 Å². The molecule has 0 saturated heterocycles. The minimum absolute atomic E-state index is 0.139. The Morgan fingerprint density at radius 2 is 1.67 bits per heavy atom. The topological polar surface area (TPSA) is 0 Å². The van der Waals surface area contributed by atoms with E-state index in [2.05, 4.69) is 62.4 Å². The first-order valence-corrected chi connectivity index (χ1v) is 8.06. The average Bonchev–Trinajstić information content (AvgIpc) is 2.45. The number of halogens is 1. The van der Waals surface area contributed by atoms with Crippen molar-refractivity contribution in [2.75, 3.05) is 0 Å². The lowest BCUT2D eigenvalue weighted by Gasteiger charge is -2.35. The van der Waals surface area contributed by atoms with Crippen LogP contribution in [0.1, 0.15) is 36.8 Å². The van der Waals surface area contributed by atoms with Crippen molar-refractivity contribution >= 4 is 33.1 Å². The smallest absolute Gasteiger partial charge is 0.0593 e. The number of benzene rings is 3. The van der Waals surface area contributed by atoms with Gasteiger partial charge >= 0.3 is 0 Å². The maximum Gasteiger partial charge on any atom is 0.0593 e. The summed E-state index contributed by atoms with van der Waals surface area (Å²) in [6.45, 7) is 4.65. The van der Waals surface area contributed by atoms with Crippen molar-refractivity contribution in [3.63, 3.8) is 0 Å². The second-order valence-electron chi connectivity index (χ2n) is 7.03. The van der Waals surface area contributed by atoms with E-state index in [-0.39, 0.29) is 10.8 Å². The third-order valence-electron chi connectivity index (χ3n) is 4.80. The summed E-state index contributed by atoms with van der Waals surface area (Å²) >= 11 is 6.65. The Kier molecular flexibility index (Phi) is 2.81. The fraction of sp³-hybridized carbons (Fsp3) is 0.300. The van der Waals surface area contributed by atoms with E-state index >= 15 is 0 Å². The van der Waals surface area contributed by atoms with Crippen LogP contribution >= 0.6 is 11.6 Å². The van der Waals surface area contributed by atoms with Crippen LogP contribution in [0.15, 0.2) is 48.5 Å². The van der Waals surface area contributed by atoms with E-state index in [1.165, 1.54) is 32.7 Å². The summed E-state index contributed by atoms with van der Waals surface area (Å²) in [6.07, 6.45) is 2.17. The molecule has 0 radical (unpaired) electrons. The predicted octanol–water partition coefficient (Wildman–Crippen LogP) is 6.25. The maximum atomic E-state index is 6.65. The fourth-order valence-corrected chi connectivity index (χ4v) is 4.43. The minimum atomic E-state index is 0.139. The summed E-state index contributed by atoms with van der Waals surface area (Å²) in [5, 5.41) is 5.52. The summed E-state index contributed by atoms with van der Waals surface area (Å²) in [4.78, 5) is 0. The van der Waals surface area contributed by atoms with E-state index < -0.39 is 0 Å². The highest BCUT2D eigenvalue weighted by Crippen LogP contribution is 2.46. The zero-order valence-electron chi connectivity index (χ0n) is 12.5. The zero-order valence-corrected chi connectivity index (χ0v) is 13.2. The normalized spacial score (nSPS) is 20.6. The van der Waals surface area contributed by atoms with E-state index in [1.54, 1.807) is 0 Å². The van der Waals surface area contributed by atoms with Gasteiger partial charge in [0, 0.05) is 0 Å². The molecule has 0 aromatic heterocycles. The van der Waals surface area contributed by atoms with Crippen molar-refractivity contribution in [1.82, 2.24) is 0 Å². The number of alkyl halides is 1. The molecule has 0 spiro atoms. The van der Waals surface area contributed by atoms with Gasteiger partial charge in [-0.15, -0.1) is 11.6 Å². The molecule has 0 heterocycles. The van der Waals surface area contributed by atoms with Crippen LogP contribution in [0.2, 0.25) is 0 Å². The van der Waals surface area contributed by atoms with Crippen molar-refractivity contribution in [2.24, 2.45) is 5.41 Å². The van der Waals surface area contributed by atoms with Crippen LogP contribution < -0.4 is 0 Å². The molecule has 21 heavy (non-hydrogen) atoms. The zero-order chi connectivity index (χ0) is 14.6. The van der Waals surface area contributed by atoms with Gasteiger partial charge in [-0.05, 0) is 50.9 Å². The number of rotatable bonds is 0. The Labute approximate surface area is 130 Å². The number of hydrogen-bond donors (Lipinski definition) is 0. The van der Waals surface area contributed by atoms with Gasteiger partial charge in [-0.2, -0.15) is 0 Å². The van der Waals surface area contributed by atoms with E-state index in [0.29, 0.717) is 0 Å². The number of hydrogen-bond acceptors (Lipinski definition) is 0. The van der Waals surface area contributed by atoms with Gasteiger partial charge in [0.2, 0.25) is 0 Å². The highest BCUT2D eigenvalue weighted by atomic mass is 35.5. The van der Waals surface area contributed by atoms with Gasteiger partial charge in [0.1, 0.15) is 0 Å². The minimum Gasteiger partial charge on any atom is -0.118 e. The molecule has 1 unspecified atom stereocenters. The van der Waals surface area contributed by atoms with Gasteiger partial charge in [-0.3, -0.25) is 0 Å². The Morgan fingerprint density at radius 3 is 2.52 bits per heavy atom. The second-order valence-corrected chi connectivity index (χ2v) is 7.55. The molecular formula is C20H19Cl. The summed E-state index contributed by atoms with van der Waals surface area (Å²) < 4.78 is 0.